The van der Waals surface area contributed by atoms with E-state index in [4.69, 9.17) is 15.2 Å². The van der Waals surface area contributed by atoms with Gasteiger partial charge in [0.05, 0.1) is 11.0 Å². The molecule has 0 amide bonds. The normalized spacial score (nSPS) is 10.5. The average molecular weight is 855 g/mol. The first kappa shape index (κ1) is 42.6. The molecule has 0 radical (unpaired) electrons. The average Bonchev–Trinajstić information content (AvgIpc) is 3.34. The smallest absolute Gasteiger partial charge is 0.252 e. The first-order valence-electron chi connectivity index (χ1n) is 20.6. The van der Waals surface area contributed by atoms with Gasteiger partial charge >= 0.3 is 0 Å². The van der Waals surface area contributed by atoms with Gasteiger partial charge in [-0.05, 0) is 119 Å². The van der Waals surface area contributed by atoms with Crippen molar-refractivity contribution in [2.24, 2.45) is 0 Å². The van der Waals surface area contributed by atoms with Gasteiger partial charge in [-0.25, -0.2) is 0 Å². The molecule has 0 bridgehead atoms. The molecule has 0 spiro atoms. The molecule has 10 rings (SSSR count). The molecular formula is C54H42N6O5. The van der Waals surface area contributed by atoms with Crippen LogP contribution in [0.3, 0.4) is 0 Å². The number of fused-ring (bicyclic) bond motifs is 2. The van der Waals surface area contributed by atoms with Crippen LogP contribution in [0.15, 0.2) is 216 Å². The highest BCUT2D eigenvalue weighted by molar-refractivity contribution is 5.86. The van der Waals surface area contributed by atoms with Crippen molar-refractivity contribution in [1.29, 1.82) is 0 Å². The third-order valence-corrected chi connectivity index (χ3v) is 10.0. The number of pyridine rings is 4. The molecule has 0 saturated carbocycles. The van der Waals surface area contributed by atoms with Gasteiger partial charge in [0.15, 0.2) is 6.29 Å². The molecule has 11 heteroatoms. The maximum absolute atomic E-state index is 12.0. The number of aromatic nitrogens is 4. The molecule has 318 valence electrons. The zero-order valence-electron chi connectivity index (χ0n) is 34.9. The summed E-state index contributed by atoms with van der Waals surface area (Å²) in [5.41, 5.74) is 14.6. The Balaban J connectivity index is 0.000000155. The molecule has 65 heavy (non-hydrogen) atoms. The van der Waals surface area contributed by atoms with E-state index in [1.54, 1.807) is 24.5 Å². The lowest BCUT2D eigenvalue weighted by atomic mass is 10.0. The lowest BCUT2D eigenvalue weighted by molar-refractivity contribution is 0.112. The van der Waals surface area contributed by atoms with Gasteiger partial charge in [0.2, 0.25) is 0 Å². The summed E-state index contributed by atoms with van der Waals surface area (Å²) in [6, 6.07) is 57.1. The van der Waals surface area contributed by atoms with Gasteiger partial charge in [0.25, 0.3) is 11.1 Å². The molecule has 5 N–H and O–H groups in total. The number of carbonyl (C=O) groups excluding carboxylic acids is 1. The highest BCUT2D eigenvalue weighted by atomic mass is 16.5. The second kappa shape index (κ2) is 20.6. The van der Waals surface area contributed by atoms with Crippen molar-refractivity contribution in [3.63, 3.8) is 0 Å². The molecule has 4 aromatic heterocycles. The lowest BCUT2D eigenvalue weighted by Gasteiger charge is -2.11. The Morgan fingerprint density at radius 1 is 0.523 bits per heavy atom. The number of H-pyrrole nitrogens is 2. The second-order valence-corrected chi connectivity index (χ2v) is 14.7. The molecule has 0 fully saturated rings. The zero-order valence-corrected chi connectivity index (χ0v) is 34.9. The second-order valence-electron chi connectivity index (χ2n) is 14.7. The zero-order chi connectivity index (χ0) is 44.8. The first-order valence-corrected chi connectivity index (χ1v) is 20.6. The van der Waals surface area contributed by atoms with Crippen molar-refractivity contribution in [2.45, 2.75) is 6.54 Å². The number of anilines is 2. The Hall–Kier alpha value is -9.09. The molecule has 0 atom stereocenters. The van der Waals surface area contributed by atoms with Gasteiger partial charge in [0, 0.05) is 71.2 Å². The molecule has 6 aromatic carbocycles. The van der Waals surface area contributed by atoms with E-state index >= 15 is 0 Å². The number of para-hydroxylation sites is 2. The number of ether oxygens (including phenoxy) is 2. The Labute approximate surface area is 373 Å². The molecule has 0 unspecified atom stereocenters. The monoisotopic (exact) mass is 854 g/mol. The molecular weight excluding hydrogens is 813 g/mol. The minimum absolute atomic E-state index is 0.192. The molecule has 0 aliphatic carbocycles. The van der Waals surface area contributed by atoms with Crippen molar-refractivity contribution in [1.82, 2.24) is 19.9 Å². The maximum atomic E-state index is 12.0. The van der Waals surface area contributed by atoms with Gasteiger partial charge in [-0.1, -0.05) is 78.9 Å². The highest BCUT2D eigenvalue weighted by Crippen LogP contribution is 2.33. The topological polar surface area (TPSA) is 165 Å². The van der Waals surface area contributed by atoms with Crippen molar-refractivity contribution >= 4 is 39.5 Å². The first-order chi connectivity index (χ1) is 31.9. The van der Waals surface area contributed by atoms with Crippen LogP contribution >= 0.6 is 0 Å². The minimum Gasteiger partial charge on any atom is -0.456 e. The van der Waals surface area contributed by atoms with Crippen LogP contribution in [0.25, 0.3) is 44.1 Å². The van der Waals surface area contributed by atoms with Crippen LogP contribution in [0.4, 0.5) is 11.4 Å². The number of hydrogen-bond acceptors (Lipinski definition) is 9. The Kier molecular flexibility index (Phi) is 13.5. The Bertz CT molecular complexity index is 3320. The molecule has 11 nitrogen and oxygen atoms in total. The molecule has 0 saturated heterocycles. The SMILES string of the molecule is Nc1cccc(-c2cccc(Oc3cc(=O)[nH]c4ccccc34)c2)c1.O=Cc1cccnc1.O=c1cc(Oc2cccc(-c3cccc(NCc4cccnc4)c3)c2)c2ccccc2[nH]1. The number of nitrogens with one attached hydrogen (secondary N) is 3. The summed E-state index contributed by atoms with van der Waals surface area (Å²) >= 11 is 0. The summed E-state index contributed by atoms with van der Waals surface area (Å²) in [5.74, 6) is 2.40. The standard InChI is InChI=1S/C27H21N3O2.C21H16N2O2.C6H5NO/c31-27-16-26(24-11-1-2-12-25(24)30-27)32-23-10-4-8-21(15-23)20-7-3-9-22(14-20)29-18-19-6-5-13-28-17-19;22-16-7-3-5-14(11-16)15-6-4-8-17(12-15)25-20-13-21(24)23-19-10-2-1-9-18(19)20;8-5-6-2-1-3-7-4-6/h1-17,29H,18H2,(H,30,31);1-13H,22H2,(H,23,24);1-5H. The van der Waals surface area contributed by atoms with Crippen molar-refractivity contribution in [3.05, 3.63) is 239 Å². The van der Waals surface area contributed by atoms with E-state index < -0.39 is 0 Å². The van der Waals surface area contributed by atoms with Crippen LogP contribution in [0.5, 0.6) is 23.0 Å². The van der Waals surface area contributed by atoms with E-state index in [2.05, 4.69) is 37.4 Å². The van der Waals surface area contributed by atoms with Crippen LogP contribution in [0, 0.1) is 0 Å². The fraction of sp³-hybridized carbons (Fsp3) is 0.0185. The van der Waals surface area contributed by atoms with E-state index in [1.807, 2.05) is 152 Å². The van der Waals surface area contributed by atoms with E-state index in [-0.39, 0.29) is 11.1 Å². The van der Waals surface area contributed by atoms with Crippen LogP contribution in [-0.4, -0.2) is 26.2 Å². The summed E-state index contributed by atoms with van der Waals surface area (Å²) in [4.78, 5) is 47.4. The Morgan fingerprint density at radius 3 is 1.57 bits per heavy atom. The van der Waals surface area contributed by atoms with Crippen LogP contribution in [-0.2, 0) is 6.54 Å². The number of nitrogen functional groups attached to an aromatic ring is 1. The number of aromatic amines is 2. The van der Waals surface area contributed by atoms with Gasteiger partial charge in [0.1, 0.15) is 23.0 Å². The van der Waals surface area contributed by atoms with Crippen LogP contribution < -0.4 is 31.6 Å². The molecule has 4 heterocycles. The molecule has 0 aliphatic heterocycles. The maximum Gasteiger partial charge on any atom is 0.252 e. The number of aldehydes is 1. The predicted octanol–water partition coefficient (Wildman–Crippen LogP) is 11.5. The number of nitrogens with two attached hydrogens (primary N) is 1. The summed E-state index contributed by atoms with van der Waals surface area (Å²) in [6.07, 6.45) is 7.55. The molecule has 0 aliphatic rings. The molecule has 10 aromatic rings. The van der Waals surface area contributed by atoms with Gasteiger partial charge in [-0.3, -0.25) is 24.4 Å². The van der Waals surface area contributed by atoms with E-state index in [0.29, 0.717) is 40.8 Å². The number of carbonyl (C=O) groups is 1. The van der Waals surface area contributed by atoms with E-state index in [1.165, 1.54) is 18.3 Å². The number of rotatable bonds is 10. The third-order valence-electron chi connectivity index (χ3n) is 10.0. The fourth-order valence-electron chi connectivity index (χ4n) is 6.93. The minimum atomic E-state index is -0.194. The number of benzene rings is 6. The largest absolute Gasteiger partial charge is 0.456 e. The summed E-state index contributed by atoms with van der Waals surface area (Å²) in [6.45, 7) is 0.704. The van der Waals surface area contributed by atoms with Crippen molar-refractivity contribution in [2.75, 3.05) is 11.1 Å². The fourth-order valence-corrected chi connectivity index (χ4v) is 6.93. The summed E-state index contributed by atoms with van der Waals surface area (Å²) in [7, 11) is 0. The van der Waals surface area contributed by atoms with Gasteiger partial charge in [-0.15, -0.1) is 0 Å². The van der Waals surface area contributed by atoms with Crippen LogP contribution in [0.2, 0.25) is 0 Å². The summed E-state index contributed by atoms with van der Waals surface area (Å²) < 4.78 is 12.1. The van der Waals surface area contributed by atoms with Crippen molar-refractivity contribution < 1.29 is 14.3 Å². The Morgan fingerprint density at radius 2 is 1.05 bits per heavy atom. The van der Waals surface area contributed by atoms with Crippen molar-refractivity contribution in [3.8, 4) is 45.3 Å². The van der Waals surface area contributed by atoms with Gasteiger partial charge in [-0.2, -0.15) is 0 Å². The predicted molar refractivity (Wildman–Crippen MR) is 259 cm³/mol. The lowest BCUT2D eigenvalue weighted by Crippen LogP contribution is -2.04. The van der Waals surface area contributed by atoms with Gasteiger partial charge < -0.3 is 30.5 Å². The highest BCUT2D eigenvalue weighted by Gasteiger charge is 2.09. The van der Waals surface area contributed by atoms with E-state index in [9.17, 15) is 14.4 Å². The number of hydrogen-bond donors (Lipinski definition) is 4. The summed E-state index contributed by atoms with van der Waals surface area (Å²) in [5, 5.41) is 5.16. The third kappa shape index (κ3) is 11.4. The number of nitrogens with zero attached hydrogens (tertiary/aromatic N) is 2. The van der Waals surface area contributed by atoms with Crippen LogP contribution in [0.1, 0.15) is 15.9 Å². The van der Waals surface area contributed by atoms with E-state index in [0.717, 1.165) is 61.6 Å². The quantitative estimate of drug-likeness (QED) is 0.0774.